The molecule has 2 fully saturated rings. The van der Waals surface area contributed by atoms with E-state index in [0.29, 0.717) is 0 Å². The normalized spacial score (nSPS) is 36.4. The van der Waals surface area contributed by atoms with E-state index < -0.39 is 5.67 Å². The van der Waals surface area contributed by atoms with Gasteiger partial charge in [0.05, 0.1) is 0 Å². The van der Waals surface area contributed by atoms with Crippen molar-refractivity contribution < 1.29 is 4.39 Å². The maximum absolute atomic E-state index is 14.3. The summed E-state index contributed by atoms with van der Waals surface area (Å²) in [5, 5.41) is 0. The molecule has 0 N–H and O–H groups in total. The first kappa shape index (κ1) is 18.3. The Labute approximate surface area is 138 Å². The van der Waals surface area contributed by atoms with Crippen LogP contribution < -0.4 is 0 Å². The molecule has 0 aliphatic heterocycles. The topological polar surface area (TPSA) is 0 Å². The first-order valence-corrected chi connectivity index (χ1v) is 10.4. The van der Waals surface area contributed by atoms with Crippen LogP contribution in [0.5, 0.6) is 0 Å². The first-order chi connectivity index (χ1) is 10.7. The monoisotopic (exact) mass is 310 g/mol. The maximum Gasteiger partial charge on any atom is 0.110 e. The third kappa shape index (κ3) is 5.53. The highest BCUT2D eigenvalue weighted by atomic mass is 19.1. The van der Waals surface area contributed by atoms with Crippen LogP contribution in [0.1, 0.15) is 110 Å². The lowest BCUT2D eigenvalue weighted by Gasteiger charge is -2.40. The van der Waals surface area contributed by atoms with E-state index in [9.17, 15) is 4.39 Å². The Morgan fingerprint density at radius 3 is 1.95 bits per heavy atom. The summed E-state index contributed by atoms with van der Waals surface area (Å²) < 4.78 is 14.3. The Morgan fingerprint density at radius 2 is 1.36 bits per heavy atom. The molecule has 0 nitrogen and oxygen atoms in total. The lowest BCUT2D eigenvalue weighted by Crippen LogP contribution is -2.32. The molecular formula is C21H39F. The van der Waals surface area contributed by atoms with Crippen molar-refractivity contribution in [2.75, 3.05) is 0 Å². The molecule has 0 aromatic carbocycles. The molecule has 0 saturated heterocycles. The molecule has 0 spiro atoms. The molecule has 0 radical (unpaired) electrons. The summed E-state index contributed by atoms with van der Waals surface area (Å²) in [5.74, 6) is 2.79. The third-order valence-corrected chi connectivity index (χ3v) is 6.83. The van der Waals surface area contributed by atoms with Gasteiger partial charge in [-0.3, -0.25) is 0 Å². The average molecular weight is 311 g/mol. The van der Waals surface area contributed by atoms with Gasteiger partial charge in [-0.2, -0.15) is 0 Å². The van der Waals surface area contributed by atoms with Crippen molar-refractivity contribution in [1.29, 1.82) is 0 Å². The molecule has 2 aliphatic rings. The minimum absolute atomic E-state index is 0.727. The molecule has 2 rings (SSSR count). The van der Waals surface area contributed by atoms with Gasteiger partial charge in [-0.1, -0.05) is 65.2 Å². The zero-order chi connectivity index (χ0) is 15.8. The van der Waals surface area contributed by atoms with Gasteiger partial charge in [-0.25, -0.2) is 4.39 Å². The zero-order valence-corrected chi connectivity index (χ0v) is 15.2. The number of hydrogen-bond acceptors (Lipinski definition) is 0. The Balaban J connectivity index is 1.59. The molecule has 0 atom stereocenters. The fourth-order valence-corrected chi connectivity index (χ4v) is 4.97. The van der Waals surface area contributed by atoms with E-state index in [0.717, 1.165) is 49.9 Å². The highest BCUT2D eigenvalue weighted by Crippen LogP contribution is 2.45. The van der Waals surface area contributed by atoms with Crippen molar-refractivity contribution >= 4 is 0 Å². The van der Waals surface area contributed by atoms with Crippen LogP contribution in [0, 0.1) is 17.8 Å². The van der Waals surface area contributed by atoms with Gasteiger partial charge in [0.1, 0.15) is 5.67 Å². The van der Waals surface area contributed by atoms with Crippen LogP contribution in [0.15, 0.2) is 0 Å². The largest absolute Gasteiger partial charge is 0.244 e. The molecule has 2 aliphatic carbocycles. The molecule has 0 aromatic rings. The smallest absolute Gasteiger partial charge is 0.110 e. The van der Waals surface area contributed by atoms with Crippen molar-refractivity contribution in [3.05, 3.63) is 0 Å². The van der Waals surface area contributed by atoms with E-state index in [-0.39, 0.29) is 0 Å². The van der Waals surface area contributed by atoms with Crippen molar-refractivity contribution in [2.45, 2.75) is 116 Å². The predicted molar refractivity (Wildman–Crippen MR) is 94.9 cm³/mol. The van der Waals surface area contributed by atoms with E-state index in [1.54, 1.807) is 0 Å². The number of alkyl halides is 1. The Bertz CT molecular complexity index is 282. The van der Waals surface area contributed by atoms with Gasteiger partial charge in [-0.05, 0) is 62.7 Å². The van der Waals surface area contributed by atoms with Gasteiger partial charge in [0.15, 0.2) is 0 Å². The quantitative estimate of drug-likeness (QED) is 0.408. The van der Waals surface area contributed by atoms with E-state index in [1.807, 2.05) is 6.92 Å². The third-order valence-electron chi connectivity index (χ3n) is 6.83. The molecule has 0 aromatic heterocycles. The van der Waals surface area contributed by atoms with Crippen molar-refractivity contribution in [2.24, 2.45) is 17.8 Å². The average Bonchev–Trinajstić information content (AvgIpc) is 2.56. The number of rotatable bonds is 8. The number of unbranched alkanes of at least 4 members (excludes halogenated alkanes) is 4. The predicted octanol–water partition coefficient (Wildman–Crippen LogP) is 7.46. The summed E-state index contributed by atoms with van der Waals surface area (Å²) in [6.07, 6.45) is 19.1. The first-order valence-electron chi connectivity index (χ1n) is 10.4. The zero-order valence-electron chi connectivity index (χ0n) is 15.2. The minimum Gasteiger partial charge on any atom is -0.244 e. The SMILES string of the molecule is CCCCCCCC1CCC(C2CCC(F)(CC)CC2)CC1. The van der Waals surface area contributed by atoms with Gasteiger partial charge in [0, 0.05) is 0 Å². The van der Waals surface area contributed by atoms with Crippen LogP contribution >= 0.6 is 0 Å². The highest BCUT2D eigenvalue weighted by Gasteiger charge is 2.37. The fourth-order valence-electron chi connectivity index (χ4n) is 4.97. The van der Waals surface area contributed by atoms with Gasteiger partial charge in [0.2, 0.25) is 0 Å². The van der Waals surface area contributed by atoms with E-state index in [4.69, 9.17) is 0 Å². The van der Waals surface area contributed by atoms with Crippen LogP contribution in [-0.4, -0.2) is 5.67 Å². The minimum atomic E-state index is -0.813. The van der Waals surface area contributed by atoms with Crippen LogP contribution in [0.3, 0.4) is 0 Å². The molecular weight excluding hydrogens is 271 g/mol. The molecule has 1 heteroatoms. The van der Waals surface area contributed by atoms with Crippen LogP contribution in [0.2, 0.25) is 0 Å². The van der Waals surface area contributed by atoms with Crippen LogP contribution in [0.25, 0.3) is 0 Å². The Morgan fingerprint density at radius 1 is 0.773 bits per heavy atom. The second-order valence-electron chi connectivity index (χ2n) is 8.33. The maximum atomic E-state index is 14.3. The van der Waals surface area contributed by atoms with Gasteiger partial charge in [0.25, 0.3) is 0 Å². The molecule has 130 valence electrons. The van der Waals surface area contributed by atoms with Gasteiger partial charge < -0.3 is 0 Å². The molecule has 2 saturated carbocycles. The fraction of sp³-hybridized carbons (Fsp3) is 1.00. The van der Waals surface area contributed by atoms with E-state index in [2.05, 4.69) is 6.92 Å². The van der Waals surface area contributed by atoms with Crippen LogP contribution in [-0.2, 0) is 0 Å². The van der Waals surface area contributed by atoms with E-state index >= 15 is 0 Å². The highest BCUT2D eigenvalue weighted by molar-refractivity contribution is 4.88. The summed E-state index contributed by atoms with van der Waals surface area (Å²) >= 11 is 0. The lowest BCUT2D eigenvalue weighted by atomic mass is 9.67. The molecule has 0 heterocycles. The van der Waals surface area contributed by atoms with E-state index in [1.165, 1.54) is 64.2 Å². The lowest BCUT2D eigenvalue weighted by molar-refractivity contribution is 0.0513. The van der Waals surface area contributed by atoms with Crippen molar-refractivity contribution in [1.82, 2.24) is 0 Å². The molecule has 0 bridgehead atoms. The summed E-state index contributed by atoms with van der Waals surface area (Å²) in [6, 6.07) is 0. The summed E-state index contributed by atoms with van der Waals surface area (Å²) in [7, 11) is 0. The van der Waals surface area contributed by atoms with Gasteiger partial charge >= 0.3 is 0 Å². The van der Waals surface area contributed by atoms with Crippen molar-refractivity contribution in [3.8, 4) is 0 Å². The number of halogens is 1. The summed E-state index contributed by atoms with van der Waals surface area (Å²) in [5.41, 5.74) is -0.813. The Kier molecular flexibility index (Phi) is 7.71. The second kappa shape index (κ2) is 9.28. The van der Waals surface area contributed by atoms with Crippen LogP contribution in [0.4, 0.5) is 4.39 Å². The summed E-state index contributed by atoms with van der Waals surface area (Å²) in [6.45, 7) is 4.31. The summed E-state index contributed by atoms with van der Waals surface area (Å²) in [4.78, 5) is 0. The van der Waals surface area contributed by atoms with Crippen molar-refractivity contribution in [3.63, 3.8) is 0 Å². The standard InChI is InChI=1S/C21H39F/c1-3-5-6-7-8-9-18-10-12-19(13-11-18)20-14-16-21(22,4-2)17-15-20/h18-20H,3-17H2,1-2H3. The van der Waals surface area contributed by atoms with Gasteiger partial charge in [-0.15, -0.1) is 0 Å². The second-order valence-corrected chi connectivity index (χ2v) is 8.33. The molecule has 22 heavy (non-hydrogen) atoms. The molecule has 0 unspecified atom stereocenters. The number of hydrogen-bond donors (Lipinski definition) is 0. The Hall–Kier alpha value is -0.0700. The molecule has 0 amide bonds.